The maximum Gasteiger partial charge on any atom is 0.131 e. The highest BCUT2D eigenvalue weighted by Crippen LogP contribution is 2.14. The van der Waals surface area contributed by atoms with Gasteiger partial charge in [-0.15, -0.1) is 0 Å². The molecular weight excluding hydrogens is 223 g/mol. The van der Waals surface area contributed by atoms with Crippen molar-refractivity contribution < 1.29 is 9.47 Å². The Bertz CT molecular complexity index is 109. The minimum absolute atomic E-state index is 0.235. The molecule has 4 heteroatoms. The van der Waals surface area contributed by atoms with Crippen LogP contribution in [-0.2, 0) is 9.47 Å². The van der Waals surface area contributed by atoms with E-state index in [-0.39, 0.29) is 11.1 Å². The molecule has 0 bridgehead atoms. The summed E-state index contributed by atoms with van der Waals surface area (Å²) in [6, 6.07) is 0. The van der Waals surface area contributed by atoms with Crippen molar-refractivity contribution in [3.63, 3.8) is 0 Å². The molecule has 0 saturated carbocycles. The molecule has 86 valence electrons. The molecule has 2 nitrogen and oxygen atoms in total. The van der Waals surface area contributed by atoms with E-state index in [9.17, 15) is 0 Å². The fraction of sp³-hybridized carbons (Fsp3) is 1.00. The van der Waals surface area contributed by atoms with E-state index in [0.29, 0.717) is 13.2 Å². The number of ether oxygens (including phenoxy) is 2. The lowest BCUT2D eigenvalue weighted by Gasteiger charge is -2.13. The van der Waals surface area contributed by atoms with Crippen molar-refractivity contribution in [1.82, 2.24) is 0 Å². The van der Waals surface area contributed by atoms with Crippen LogP contribution >= 0.6 is 23.2 Å². The molecule has 2 atom stereocenters. The van der Waals surface area contributed by atoms with Crippen molar-refractivity contribution in [2.45, 2.75) is 50.7 Å². The Labute approximate surface area is 96.9 Å². The van der Waals surface area contributed by atoms with Crippen molar-refractivity contribution >= 4 is 23.2 Å². The molecule has 0 aromatic carbocycles. The second-order valence-electron chi connectivity index (χ2n) is 3.14. The first-order valence-electron chi connectivity index (χ1n) is 5.22. The number of rotatable bonds is 9. The topological polar surface area (TPSA) is 18.5 Å². The third kappa shape index (κ3) is 9.07. The maximum atomic E-state index is 5.90. The van der Waals surface area contributed by atoms with E-state index in [1.165, 1.54) is 0 Å². The zero-order valence-electron chi connectivity index (χ0n) is 8.97. The van der Waals surface area contributed by atoms with E-state index in [0.717, 1.165) is 25.7 Å². The molecule has 0 aliphatic heterocycles. The summed E-state index contributed by atoms with van der Waals surface area (Å²) in [5.74, 6) is 0. The first-order valence-corrected chi connectivity index (χ1v) is 6.09. The molecule has 14 heavy (non-hydrogen) atoms. The molecule has 0 saturated heterocycles. The molecule has 0 aromatic rings. The van der Waals surface area contributed by atoms with Crippen LogP contribution in [0.5, 0.6) is 0 Å². The summed E-state index contributed by atoms with van der Waals surface area (Å²) in [5.41, 5.74) is -0.470. The molecule has 0 aliphatic rings. The second-order valence-corrected chi connectivity index (χ2v) is 4.11. The molecular formula is C10H20Cl2O2. The maximum absolute atomic E-state index is 5.90. The van der Waals surface area contributed by atoms with Gasteiger partial charge in [-0.3, -0.25) is 0 Å². The number of hydrogen-bond donors (Lipinski definition) is 0. The van der Waals surface area contributed by atoms with Gasteiger partial charge in [0.1, 0.15) is 11.1 Å². The summed E-state index contributed by atoms with van der Waals surface area (Å²) in [6.45, 7) is 5.52. The van der Waals surface area contributed by atoms with Crippen LogP contribution in [-0.4, -0.2) is 24.3 Å². The average Bonchev–Trinajstić information content (AvgIpc) is 2.20. The second kappa shape index (κ2) is 10.0. The molecule has 2 unspecified atom stereocenters. The first kappa shape index (κ1) is 14.5. The molecule has 0 spiro atoms. The predicted octanol–water partition coefficient (Wildman–Crippen LogP) is 3.75. The molecule has 0 amide bonds. The van der Waals surface area contributed by atoms with Gasteiger partial charge in [0.25, 0.3) is 0 Å². The molecule has 0 radical (unpaired) electrons. The van der Waals surface area contributed by atoms with Gasteiger partial charge in [0, 0.05) is 13.2 Å². The standard InChI is InChI=1S/C10H20Cl2O2/c1-3-7-13-9(11)5-6-10(12)14-8-4-2/h9-10H,3-8H2,1-2H3. The van der Waals surface area contributed by atoms with Crippen LogP contribution < -0.4 is 0 Å². The lowest BCUT2D eigenvalue weighted by atomic mass is 10.3. The normalized spacial score (nSPS) is 15.4. The van der Waals surface area contributed by atoms with Crippen molar-refractivity contribution in [1.29, 1.82) is 0 Å². The number of halogens is 2. The summed E-state index contributed by atoms with van der Waals surface area (Å²) in [4.78, 5) is 0. The highest BCUT2D eigenvalue weighted by molar-refractivity contribution is 6.20. The van der Waals surface area contributed by atoms with Gasteiger partial charge in [0.2, 0.25) is 0 Å². The van der Waals surface area contributed by atoms with E-state index in [1.807, 2.05) is 0 Å². The fourth-order valence-corrected chi connectivity index (χ4v) is 1.35. The smallest absolute Gasteiger partial charge is 0.131 e. The third-order valence-electron chi connectivity index (χ3n) is 1.63. The van der Waals surface area contributed by atoms with Crippen LogP contribution in [0.2, 0.25) is 0 Å². The Morgan fingerprint density at radius 1 is 0.857 bits per heavy atom. The Balaban J connectivity index is 3.31. The molecule has 0 fully saturated rings. The Morgan fingerprint density at radius 3 is 1.50 bits per heavy atom. The van der Waals surface area contributed by atoms with E-state index in [4.69, 9.17) is 32.7 Å². The summed E-state index contributed by atoms with van der Waals surface area (Å²) >= 11 is 11.8. The van der Waals surface area contributed by atoms with Gasteiger partial charge in [-0.25, -0.2) is 0 Å². The van der Waals surface area contributed by atoms with Crippen LogP contribution in [0, 0.1) is 0 Å². The lowest BCUT2D eigenvalue weighted by molar-refractivity contribution is 0.0704. The minimum atomic E-state index is -0.235. The van der Waals surface area contributed by atoms with E-state index in [2.05, 4.69) is 13.8 Å². The fourth-order valence-electron chi connectivity index (χ4n) is 0.920. The van der Waals surface area contributed by atoms with Gasteiger partial charge in [0.15, 0.2) is 0 Å². The highest BCUT2D eigenvalue weighted by atomic mass is 35.5. The van der Waals surface area contributed by atoms with Crippen LogP contribution in [0.25, 0.3) is 0 Å². The molecule has 0 aliphatic carbocycles. The monoisotopic (exact) mass is 242 g/mol. The van der Waals surface area contributed by atoms with Gasteiger partial charge >= 0.3 is 0 Å². The zero-order valence-corrected chi connectivity index (χ0v) is 10.5. The molecule has 0 rings (SSSR count). The van der Waals surface area contributed by atoms with Crippen LogP contribution in [0.3, 0.4) is 0 Å². The quantitative estimate of drug-likeness (QED) is 0.574. The lowest BCUT2D eigenvalue weighted by Crippen LogP contribution is -2.12. The van der Waals surface area contributed by atoms with Crippen molar-refractivity contribution in [2.24, 2.45) is 0 Å². The Hall–Kier alpha value is 0.500. The van der Waals surface area contributed by atoms with E-state index >= 15 is 0 Å². The van der Waals surface area contributed by atoms with Crippen LogP contribution in [0.4, 0.5) is 0 Å². The van der Waals surface area contributed by atoms with E-state index in [1.54, 1.807) is 0 Å². The highest BCUT2D eigenvalue weighted by Gasteiger charge is 2.09. The summed E-state index contributed by atoms with van der Waals surface area (Å²) in [6.07, 6.45) is 3.44. The van der Waals surface area contributed by atoms with Gasteiger partial charge in [-0.05, 0) is 25.7 Å². The number of alkyl halides is 2. The predicted molar refractivity (Wildman–Crippen MR) is 61.0 cm³/mol. The van der Waals surface area contributed by atoms with Crippen molar-refractivity contribution in [3.8, 4) is 0 Å². The third-order valence-corrected chi connectivity index (χ3v) is 2.31. The summed E-state index contributed by atoms with van der Waals surface area (Å²) < 4.78 is 10.6. The van der Waals surface area contributed by atoms with Gasteiger partial charge in [-0.1, -0.05) is 37.0 Å². The Kier molecular flexibility index (Phi) is 10.4. The average molecular weight is 243 g/mol. The van der Waals surface area contributed by atoms with E-state index < -0.39 is 0 Å². The molecule has 0 aromatic heterocycles. The largest absolute Gasteiger partial charge is 0.363 e. The Morgan fingerprint density at radius 2 is 1.21 bits per heavy atom. The van der Waals surface area contributed by atoms with Crippen molar-refractivity contribution in [2.75, 3.05) is 13.2 Å². The first-order chi connectivity index (χ1) is 6.70. The van der Waals surface area contributed by atoms with Crippen molar-refractivity contribution in [3.05, 3.63) is 0 Å². The van der Waals surface area contributed by atoms with Gasteiger partial charge in [-0.2, -0.15) is 0 Å². The number of hydrogen-bond acceptors (Lipinski definition) is 2. The molecule has 0 heterocycles. The van der Waals surface area contributed by atoms with Gasteiger partial charge < -0.3 is 9.47 Å². The van der Waals surface area contributed by atoms with Crippen LogP contribution in [0.15, 0.2) is 0 Å². The van der Waals surface area contributed by atoms with Gasteiger partial charge in [0.05, 0.1) is 0 Å². The summed E-state index contributed by atoms with van der Waals surface area (Å²) in [7, 11) is 0. The zero-order chi connectivity index (χ0) is 10.8. The summed E-state index contributed by atoms with van der Waals surface area (Å²) in [5, 5.41) is 0. The van der Waals surface area contributed by atoms with Crippen LogP contribution in [0.1, 0.15) is 39.5 Å². The minimum Gasteiger partial charge on any atom is -0.363 e. The SMILES string of the molecule is CCCOC(Cl)CCC(Cl)OCCC. The molecule has 0 N–H and O–H groups in total.